The Bertz CT molecular complexity index is 1350. The summed E-state index contributed by atoms with van der Waals surface area (Å²) in [6.07, 6.45) is 0. The van der Waals surface area contributed by atoms with E-state index in [1.807, 2.05) is 13.0 Å². The van der Waals surface area contributed by atoms with E-state index >= 15 is 0 Å². The molecular formula is C25H19NO5. The maximum absolute atomic E-state index is 12.6. The number of ether oxygens (including phenoxy) is 1. The van der Waals surface area contributed by atoms with Crippen molar-refractivity contribution < 1.29 is 18.7 Å². The van der Waals surface area contributed by atoms with Crippen LogP contribution < -0.4 is 10.7 Å². The van der Waals surface area contributed by atoms with Gasteiger partial charge in [0.2, 0.25) is 0 Å². The van der Waals surface area contributed by atoms with Gasteiger partial charge in [0.1, 0.15) is 11.3 Å². The predicted octanol–water partition coefficient (Wildman–Crippen LogP) is 4.81. The molecule has 0 bridgehead atoms. The Morgan fingerprint density at radius 1 is 0.903 bits per heavy atom. The molecule has 0 unspecified atom stereocenters. The highest BCUT2D eigenvalue weighted by molar-refractivity contribution is 6.05. The highest BCUT2D eigenvalue weighted by Crippen LogP contribution is 2.23. The molecule has 0 saturated heterocycles. The highest BCUT2D eigenvalue weighted by Gasteiger charge is 2.11. The van der Waals surface area contributed by atoms with Gasteiger partial charge in [-0.3, -0.25) is 9.59 Å². The van der Waals surface area contributed by atoms with Crippen molar-refractivity contribution in [2.45, 2.75) is 6.92 Å². The number of anilines is 1. The van der Waals surface area contributed by atoms with Crippen LogP contribution in [0.15, 0.2) is 82.0 Å². The van der Waals surface area contributed by atoms with E-state index < -0.39 is 5.97 Å². The van der Waals surface area contributed by atoms with Crippen molar-refractivity contribution in [3.05, 3.63) is 99.7 Å². The Hall–Kier alpha value is -4.19. The Morgan fingerprint density at radius 3 is 2.42 bits per heavy atom. The molecule has 4 aromatic rings. The number of benzene rings is 3. The van der Waals surface area contributed by atoms with Crippen molar-refractivity contribution in [1.29, 1.82) is 0 Å². The summed E-state index contributed by atoms with van der Waals surface area (Å²) < 4.78 is 10.6. The lowest BCUT2D eigenvalue weighted by Crippen LogP contribution is -2.12. The van der Waals surface area contributed by atoms with Crippen LogP contribution in [0, 0.1) is 6.92 Å². The van der Waals surface area contributed by atoms with Crippen LogP contribution in [0.25, 0.3) is 22.3 Å². The minimum Gasteiger partial charge on any atom is -0.465 e. The molecule has 6 heteroatoms. The molecule has 1 N–H and O–H groups in total. The van der Waals surface area contributed by atoms with E-state index in [0.29, 0.717) is 39.1 Å². The van der Waals surface area contributed by atoms with Gasteiger partial charge in [-0.05, 0) is 49.4 Å². The molecule has 1 amide bonds. The third-order valence-corrected chi connectivity index (χ3v) is 4.86. The van der Waals surface area contributed by atoms with Crippen molar-refractivity contribution in [1.82, 2.24) is 0 Å². The first-order valence-electron chi connectivity index (χ1n) is 9.59. The van der Waals surface area contributed by atoms with E-state index in [2.05, 4.69) is 5.32 Å². The van der Waals surface area contributed by atoms with Gasteiger partial charge in [-0.2, -0.15) is 0 Å². The second-order valence-electron chi connectivity index (χ2n) is 7.08. The number of carbonyl (C=O) groups is 2. The summed E-state index contributed by atoms with van der Waals surface area (Å²) in [5.41, 5.74) is 3.31. The predicted molar refractivity (Wildman–Crippen MR) is 118 cm³/mol. The van der Waals surface area contributed by atoms with E-state index in [1.54, 1.807) is 60.7 Å². The maximum atomic E-state index is 12.6. The number of amides is 1. The SMILES string of the molecule is COC(=O)c1cccc(NC(=O)c2ccc(-c3cc(=O)c4cc(C)ccc4o3)cc2)c1. The van der Waals surface area contributed by atoms with Gasteiger partial charge in [0.05, 0.1) is 18.1 Å². The number of aryl methyl sites for hydroxylation is 1. The number of hydrogen-bond donors (Lipinski definition) is 1. The molecule has 0 spiro atoms. The first-order chi connectivity index (χ1) is 14.9. The molecule has 1 heterocycles. The number of methoxy groups -OCH3 is 1. The topological polar surface area (TPSA) is 85.6 Å². The van der Waals surface area contributed by atoms with Crippen LogP contribution in [0.4, 0.5) is 5.69 Å². The van der Waals surface area contributed by atoms with E-state index in [1.165, 1.54) is 13.2 Å². The number of hydrogen-bond acceptors (Lipinski definition) is 5. The standard InChI is InChI=1S/C25H19NO5/c1-15-6-11-22-20(12-15)21(27)14-23(31-22)16-7-9-17(10-8-16)24(28)26-19-5-3-4-18(13-19)25(29)30-2/h3-14H,1-2H3,(H,26,28). The monoisotopic (exact) mass is 413 g/mol. The third-order valence-electron chi connectivity index (χ3n) is 4.86. The van der Waals surface area contributed by atoms with Gasteiger partial charge in [-0.15, -0.1) is 0 Å². The summed E-state index contributed by atoms with van der Waals surface area (Å²) >= 11 is 0. The normalized spacial score (nSPS) is 10.6. The Balaban J connectivity index is 1.56. The second kappa shape index (κ2) is 8.28. The van der Waals surface area contributed by atoms with Crippen molar-refractivity contribution in [3.8, 4) is 11.3 Å². The second-order valence-corrected chi connectivity index (χ2v) is 7.08. The number of carbonyl (C=O) groups excluding carboxylic acids is 2. The molecule has 0 aliphatic rings. The van der Waals surface area contributed by atoms with E-state index in [4.69, 9.17) is 9.15 Å². The molecule has 0 aliphatic carbocycles. The summed E-state index contributed by atoms with van der Waals surface area (Å²) in [6, 6.07) is 20.1. The quantitative estimate of drug-likeness (QED) is 0.486. The summed E-state index contributed by atoms with van der Waals surface area (Å²) in [7, 11) is 1.30. The van der Waals surface area contributed by atoms with Crippen LogP contribution in [-0.4, -0.2) is 19.0 Å². The molecular weight excluding hydrogens is 394 g/mol. The smallest absolute Gasteiger partial charge is 0.337 e. The minimum atomic E-state index is -0.479. The van der Waals surface area contributed by atoms with E-state index in [9.17, 15) is 14.4 Å². The number of nitrogens with one attached hydrogen (secondary N) is 1. The lowest BCUT2D eigenvalue weighted by atomic mass is 10.1. The average Bonchev–Trinajstić information content (AvgIpc) is 2.79. The molecule has 0 atom stereocenters. The fourth-order valence-electron chi connectivity index (χ4n) is 3.24. The van der Waals surface area contributed by atoms with Crippen LogP contribution >= 0.6 is 0 Å². The van der Waals surface area contributed by atoms with Crippen molar-refractivity contribution >= 4 is 28.5 Å². The van der Waals surface area contributed by atoms with Crippen LogP contribution in [0.3, 0.4) is 0 Å². The highest BCUT2D eigenvalue weighted by atomic mass is 16.5. The van der Waals surface area contributed by atoms with Gasteiger partial charge in [0.15, 0.2) is 5.43 Å². The number of esters is 1. The van der Waals surface area contributed by atoms with E-state index in [-0.39, 0.29) is 11.3 Å². The van der Waals surface area contributed by atoms with Crippen LogP contribution in [0.2, 0.25) is 0 Å². The van der Waals surface area contributed by atoms with Gasteiger partial charge < -0.3 is 14.5 Å². The molecule has 6 nitrogen and oxygen atoms in total. The lowest BCUT2D eigenvalue weighted by molar-refractivity contribution is 0.0600. The molecule has 31 heavy (non-hydrogen) atoms. The van der Waals surface area contributed by atoms with Gasteiger partial charge in [-0.25, -0.2) is 4.79 Å². The molecule has 0 fully saturated rings. The van der Waals surface area contributed by atoms with Crippen molar-refractivity contribution in [2.75, 3.05) is 12.4 Å². The Kier molecular flexibility index (Phi) is 5.37. The molecule has 0 radical (unpaired) electrons. The molecule has 1 aromatic heterocycles. The molecule has 154 valence electrons. The van der Waals surface area contributed by atoms with Crippen molar-refractivity contribution in [3.63, 3.8) is 0 Å². The number of fused-ring (bicyclic) bond motifs is 1. The Morgan fingerprint density at radius 2 is 1.68 bits per heavy atom. The minimum absolute atomic E-state index is 0.118. The van der Waals surface area contributed by atoms with Crippen molar-refractivity contribution in [2.24, 2.45) is 0 Å². The summed E-state index contributed by atoms with van der Waals surface area (Å²) in [5.74, 6) is -0.379. The first kappa shape index (κ1) is 20.1. The van der Waals surface area contributed by atoms with Gasteiger partial charge in [-0.1, -0.05) is 29.8 Å². The average molecular weight is 413 g/mol. The molecule has 4 rings (SSSR count). The van der Waals surface area contributed by atoms with Crippen LogP contribution in [0.5, 0.6) is 0 Å². The molecule has 0 aliphatic heterocycles. The fourth-order valence-corrected chi connectivity index (χ4v) is 3.24. The van der Waals surface area contributed by atoms with Crippen LogP contribution in [-0.2, 0) is 4.74 Å². The van der Waals surface area contributed by atoms with E-state index in [0.717, 1.165) is 5.56 Å². The first-order valence-corrected chi connectivity index (χ1v) is 9.59. The summed E-state index contributed by atoms with van der Waals surface area (Å²) in [5, 5.41) is 3.29. The fraction of sp³-hybridized carbons (Fsp3) is 0.0800. The largest absolute Gasteiger partial charge is 0.465 e. The summed E-state index contributed by atoms with van der Waals surface area (Å²) in [4.78, 5) is 36.7. The summed E-state index contributed by atoms with van der Waals surface area (Å²) in [6.45, 7) is 1.92. The van der Waals surface area contributed by atoms with Crippen LogP contribution in [0.1, 0.15) is 26.3 Å². The zero-order valence-electron chi connectivity index (χ0n) is 17.0. The number of rotatable bonds is 4. The third kappa shape index (κ3) is 4.23. The Labute approximate surface area is 178 Å². The maximum Gasteiger partial charge on any atom is 0.337 e. The van der Waals surface area contributed by atoms with Gasteiger partial charge in [0, 0.05) is 22.9 Å². The zero-order valence-corrected chi connectivity index (χ0v) is 17.0. The van der Waals surface area contributed by atoms with Gasteiger partial charge in [0.25, 0.3) is 5.91 Å². The zero-order chi connectivity index (χ0) is 22.0. The lowest BCUT2D eigenvalue weighted by Gasteiger charge is -2.08. The van der Waals surface area contributed by atoms with Gasteiger partial charge >= 0.3 is 5.97 Å². The molecule has 0 saturated carbocycles. The molecule has 3 aromatic carbocycles.